The lowest BCUT2D eigenvalue weighted by Crippen LogP contribution is -2.38. The molecule has 7 rings (SSSR count). The number of carboxylic acid groups (broad SMARTS) is 1. The number of imidazole rings is 1. The maximum atomic E-state index is 15.4. The number of nitrogens with zero attached hydrogens (tertiary/aromatic N) is 4. The van der Waals surface area contributed by atoms with E-state index in [0.717, 1.165) is 30.5 Å². The third-order valence-electron chi connectivity index (χ3n) is 8.51. The zero-order valence-electron chi connectivity index (χ0n) is 21.6. The summed E-state index contributed by atoms with van der Waals surface area (Å²) in [4.78, 5) is 35.1. The van der Waals surface area contributed by atoms with E-state index in [1.54, 1.807) is 17.4 Å². The lowest BCUT2D eigenvalue weighted by molar-refractivity contribution is -0.140. The van der Waals surface area contributed by atoms with Crippen LogP contribution in [0.2, 0.25) is 0 Å². The molecule has 1 amide bonds. The predicted molar refractivity (Wildman–Crippen MR) is 148 cm³/mol. The average Bonchev–Trinajstić information content (AvgIpc) is 3.31. The number of halogens is 1. The molecule has 3 aromatic heterocycles. The molecule has 7 nitrogen and oxygen atoms in total. The van der Waals surface area contributed by atoms with Crippen molar-refractivity contribution in [3.63, 3.8) is 0 Å². The molecule has 2 atom stereocenters. The van der Waals surface area contributed by atoms with Crippen molar-refractivity contribution < 1.29 is 19.1 Å². The molecule has 39 heavy (non-hydrogen) atoms. The van der Waals surface area contributed by atoms with E-state index in [1.807, 2.05) is 38.7 Å². The highest BCUT2D eigenvalue weighted by Crippen LogP contribution is 2.43. The second-order valence-corrected chi connectivity index (χ2v) is 12.0. The fourth-order valence-corrected chi connectivity index (χ4v) is 7.09. The van der Waals surface area contributed by atoms with Gasteiger partial charge in [0.15, 0.2) is 0 Å². The first kappa shape index (κ1) is 24.3. The van der Waals surface area contributed by atoms with Crippen LogP contribution in [0.4, 0.5) is 10.1 Å². The van der Waals surface area contributed by atoms with E-state index in [9.17, 15) is 14.7 Å². The third kappa shape index (κ3) is 4.19. The van der Waals surface area contributed by atoms with Crippen molar-refractivity contribution in [1.82, 2.24) is 14.3 Å². The number of pyridine rings is 1. The largest absolute Gasteiger partial charge is 0.481 e. The number of anilines is 1. The Morgan fingerprint density at radius 2 is 1.92 bits per heavy atom. The Labute approximate surface area is 229 Å². The molecule has 5 heterocycles. The molecule has 0 spiro atoms. The minimum absolute atomic E-state index is 0.0132. The maximum absolute atomic E-state index is 15.4. The Hall–Kier alpha value is -3.72. The number of carboxylic acids is 1. The molecule has 1 saturated heterocycles. The molecule has 2 aliphatic heterocycles. The minimum Gasteiger partial charge on any atom is -0.481 e. The highest BCUT2D eigenvalue weighted by Gasteiger charge is 2.33. The lowest BCUT2D eigenvalue weighted by Gasteiger charge is -2.33. The van der Waals surface area contributed by atoms with Gasteiger partial charge in [-0.2, -0.15) is 0 Å². The predicted octanol–water partition coefficient (Wildman–Crippen LogP) is 5.75. The Kier molecular flexibility index (Phi) is 5.73. The summed E-state index contributed by atoms with van der Waals surface area (Å²) in [6.45, 7) is 3.76. The van der Waals surface area contributed by atoms with E-state index in [4.69, 9.17) is 4.98 Å². The van der Waals surface area contributed by atoms with Crippen LogP contribution in [-0.2, 0) is 11.2 Å². The zero-order chi connectivity index (χ0) is 26.8. The van der Waals surface area contributed by atoms with E-state index >= 15 is 4.39 Å². The first-order valence-corrected chi connectivity index (χ1v) is 14.4. The van der Waals surface area contributed by atoms with Crippen LogP contribution in [0, 0.1) is 11.7 Å². The number of carbonyl (C=O) groups is 2. The molecule has 200 valence electrons. The second kappa shape index (κ2) is 9.19. The SMILES string of the molecule is C[C@@H]1c2ccsc2CCN1C(=O)c1cc(C2CC2)c2nc(-c3ccc(N4CC[C@H](C(=O)O)C4)cc3F)cn2c1. The van der Waals surface area contributed by atoms with Gasteiger partial charge < -0.3 is 19.3 Å². The summed E-state index contributed by atoms with van der Waals surface area (Å²) in [6, 6.07) is 9.17. The highest BCUT2D eigenvalue weighted by atomic mass is 32.1. The standard InChI is InChI=1S/C30H29FN4O3S/c1-17-22-8-11-39-27(22)7-10-35(17)29(36)20-12-24(18-2-3-18)28-32-26(16-34(28)15-20)23-5-4-21(13-25(23)31)33-9-6-19(14-33)30(37)38/h4-5,8,11-13,15-19H,2-3,6-7,9-10,14H2,1H3,(H,37,38)/t17-,19+/m1/s1. The molecule has 0 unspecified atom stereocenters. The van der Waals surface area contributed by atoms with Crippen molar-refractivity contribution in [1.29, 1.82) is 0 Å². The van der Waals surface area contributed by atoms with Crippen molar-refractivity contribution in [3.8, 4) is 11.3 Å². The van der Waals surface area contributed by atoms with E-state index in [2.05, 4.69) is 18.4 Å². The van der Waals surface area contributed by atoms with Crippen LogP contribution in [-0.4, -0.2) is 50.9 Å². The highest BCUT2D eigenvalue weighted by molar-refractivity contribution is 7.10. The van der Waals surface area contributed by atoms with Crippen molar-refractivity contribution in [2.45, 2.75) is 44.6 Å². The fraction of sp³-hybridized carbons (Fsp3) is 0.367. The number of rotatable bonds is 5. The molecular formula is C30H29FN4O3S. The lowest BCUT2D eigenvalue weighted by atomic mass is 10.00. The average molecular weight is 545 g/mol. The number of carbonyl (C=O) groups excluding carboxylic acids is 1. The number of thiophene rings is 1. The first-order chi connectivity index (χ1) is 18.9. The van der Waals surface area contributed by atoms with Gasteiger partial charge in [-0.3, -0.25) is 9.59 Å². The van der Waals surface area contributed by atoms with E-state index in [-0.39, 0.29) is 11.9 Å². The van der Waals surface area contributed by atoms with E-state index in [0.29, 0.717) is 54.5 Å². The molecule has 9 heteroatoms. The Balaban J connectivity index is 1.21. The third-order valence-corrected chi connectivity index (χ3v) is 9.51. The van der Waals surface area contributed by atoms with Gasteiger partial charge in [0.2, 0.25) is 0 Å². The van der Waals surface area contributed by atoms with Crippen LogP contribution < -0.4 is 4.90 Å². The van der Waals surface area contributed by atoms with Gasteiger partial charge in [-0.05, 0) is 85.4 Å². The number of amides is 1. The summed E-state index contributed by atoms with van der Waals surface area (Å²) in [5.41, 5.74) is 5.27. The topological polar surface area (TPSA) is 78.2 Å². The number of benzene rings is 1. The summed E-state index contributed by atoms with van der Waals surface area (Å²) in [5, 5.41) is 11.4. The van der Waals surface area contributed by atoms with Gasteiger partial charge in [0.1, 0.15) is 11.5 Å². The number of fused-ring (bicyclic) bond motifs is 2. The number of hydrogen-bond donors (Lipinski definition) is 1. The van der Waals surface area contributed by atoms with Crippen molar-refractivity contribution in [2.24, 2.45) is 5.92 Å². The smallest absolute Gasteiger partial charge is 0.308 e. The van der Waals surface area contributed by atoms with E-state index in [1.165, 1.54) is 16.5 Å². The van der Waals surface area contributed by atoms with Gasteiger partial charge >= 0.3 is 5.97 Å². The maximum Gasteiger partial charge on any atom is 0.308 e. The molecule has 0 bridgehead atoms. The van der Waals surface area contributed by atoms with Crippen LogP contribution in [0.3, 0.4) is 0 Å². The molecule has 1 saturated carbocycles. The van der Waals surface area contributed by atoms with Gasteiger partial charge in [0.25, 0.3) is 5.91 Å². The molecule has 1 N–H and O–H groups in total. The summed E-state index contributed by atoms with van der Waals surface area (Å²) in [6.07, 6.45) is 7.19. The van der Waals surface area contributed by atoms with Gasteiger partial charge in [-0.15, -0.1) is 11.3 Å². The molecular weight excluding hydrogens is 515 g/mol. The monoisotopic (exact) mass is 544 g/mol. The second-order valence-electron chi connectivity index (χ2n) is 11.0. The first-order valence-electron chi connectivity index (χ1n) is 13.5. The molecule has 0 radical (unpaired) electrons. The quantitative estimate of drug-likeness (QED) is 0.346. The summed E-state index contributed by atoms with van der Waals surface area (Å²) >= 11 is 1.76. The molecule has 1 aliphatic carbocycles. The molecule has 2 fully saturated rings. The van der Waals surface area contributed by atoms with Crippen molar-refractivity contribution in [2.75, 3.05) is 24.5 Å². The van der Waals surface area contributed by atoms with Crippen LogP contribution >= 0.6 is 11.3 Å². The Bertz CT molecular complexity index is 1620. The molecule has 4 aromatic rings. The van der Waals surface area contributed by atoms with Gasteiger partial charge in [-0.1, -0.05) is 0 Å². The Morgan fingerprint density at radius 1 is 1.08 bits per heavy atom. The zero-order valence-corrected chi connectivity index (χ0v) is 22.5. The van der Waals surface area contributed by atoms with Gasteiger partial charge in [-0.25, -0.2) is 9.37 Å². The molecule has 3 aliphatic rings. The normalized spacial score (nSPS) is 21.0. The number of aromatic nitrogens is 2. The number of hydrogen-bond acceptors (Lipinski definition) is 5. The summed E-state index contributed by atoms with van der Waals surface area (Å²) < 4.78 is 17.3. The van der Waals surface area contributed by atoms with E-state index < -0.39 is 17.7 Å². The Morgan fingerprint density at radius 3 is 2.67 bits per heavy atom. The summed E-state index contributed by atoms with van der Waals surface area (Å²) in [7, 11) is 0. The number of aliphatic carboxylic acids is 1. The minimum atomic E-state index is -0.811. The molecule has 1 aromatic carbocycles. The van der Waals surface area contributed by atoms with Gasteiger partial charge in [0.05, 0.1) is 23.2 Å². The van der Waals surface area contributed by atoms with Gasteiger partial charge in [0, 0.05) is 48.2 Å². The van der Waals surface area contributed by atoms with Crippen LogP contribution in [0.5, 0.6) is 0 Å². The van der Waals surface area contributed by atoms with Crippen molar-refractivity contribution in [3.05, 3.63) is 75.5 Å². The fourth-order valence-electron chi connectivity index (χ4n) is 6.12. The van der Waals surface area contributed by atoms with Crippen molar-refractivity contribution >= 4 is 34.5 Å². The van der Waals surface area contributed by atoms with Crippen LogP contribution in [0.1, 0.15) is 64.5 Å². The summed E-state index contributed by atoms with van der Waals surface area (Å²) in [5.74, 6) is -1.26. The van der Waals surface area contributed by atoms with Crippen LogP contribution in [0.25, 0.3) is 16.9 Å². The van der Waals surface area contributed by atoms with Crippen LogP contribution in [0.15, 0.2) is 48.1 Å².